The Morgan fingerprint density at radius 1 is 0.475 bits per heavy atom. The number of aliphatic hydroxyl groups excluding tert-OH is 3. The smallest absolute Gasteiger partial charge is 0.326 e. The van der Waals surface area contributed by atoms with Crippen molar-refractivity contribution in [2.45, 2.75) is 189 Å². The van der Waals surface area contributed by atoms with Crippen LogP contribution in [-0.2, 0) is 52.7 Å². The van der Waals surface area contributed by atoms with Crippen LogP contribution in [0.1, 0.15) is 122 Å². The maximum atomic E-state index is 14.3. The van der Waals surface area contributed by atoms with E-state index in [4.69, 9.17) is 34.4 Å². The third-order valence-corrected chi connectivity index (χ3v) is 13.1. The number of hydrogen-bond acceptors (Lipinski definition) is 20. The fraction of sp³-hybridized carbons (Fsp3) is 0.776. The van der Waals surface area contributed by atoms with Gasteiger partial charge in [0.25, 0.3) is 0 Å². The summed E-state index contributed by atoms with van der Waals surface area (Å²) in [6, 6.07) is -14.8. The van der Waals surface area contributed by atoms with E-state index >= 15 is 0 Å². The zero-order valence-electron chi connectivity index (χ0n) is 45.9. The highest BCUT2D eigenvalue weighted by Gasteiger charge is 2.42. The highest BCUT2D eigenvalue weighted by Crippen LogP contribution is 2.21. The maximum Gasteiger partial charge on any atom is 0.326 e. The first-order valence-electron chi connectivity index (χ1n) is 27.4. The van der Waals surface area contributed by atoms with E-state index in [0.717, 1.165) is 4.90 Å². The Labute approximate surface area is 465 Å². The largest absolute Gasteiger partial charge is 0.481 e. The van der Waals surface area contributed by atoms with E-state index < -0.39 is 151 Å². The molecule has 9 amide bonds. The molecule has 1 heterocycles. The standard InChI is InChI=1S/C49H91N15O16/c1-28(67)39(63-43(73)32(16-5-10-22-53)56-44(74)34(25-38(68)69)60-40(70)29(55)13-2-7-19-50)48(78)64-24-12-18-37(64)47(77)58-31(15-4-9-21-52)42(72)61-35(26-65)45(75)57-30(14-3-8-20-51)41(71)62-36(27-66)46(76)59-33(49(79)80)17-6-11-23-54/h28-37,39,65-67H,2-27,50-55H2,1H3,(H,56,74)(H,57,75)(H,58,77)(H,59,76)(H,60,70)(H,61,72)(H,62,71)(H,63,73)(H,68,69)(H,79,80)/t28-,29+,30+,31+,32+,33+,34+,35+,36+,37+,39+/m1/s1. The van der Waals surface area contributed by atoms with Crippen LogP contribution in [0.3, 0.4) is 0 Å². The monoisotopic (exact) mass is 1150 g/mol. The normalized spacial score (nSPS) is 16.9. The molecular weight excluding hydrogens is 1050 g/mol. The fourth-order valence-corrected chi connectivity index (χ4v) is 8.48. The lowest BCUT2D eigenvalue weighted by Gasteiger charge is -2.32. The van der Waals surface area contributed by atoms with E-state index in [1.54, 1.807) is 0 Å². The van der Waals surface area contributed by atoms with E-state index in [1.165, 1.54) is 6.92 Å². The Kier molecular flexibility index (Phi) is 36.0. The Morgan fingerprint density at radius 2 is 0.825 bits per heavy atom. The average molecular weight is 1150 g/mol. The molecule has 0 aromatic heterocycles. The molecule has 1 rings (SSSR count). The molecule has 0 aromatic rings. The number of aliphatic hydroxyl groups is 3. The number of nitrogens with one attached hydrogen (secondary N) is 8. The van der Waals surface area contributed by atoms with Gasteiger partial charge in [-0.1, -0.05) is 6.42 Å². The van der Waals surface area contributed by atoms with Crippen LogP contribution in [0.4, 0.5) is 0 Å². The van der Waals surface area contributed by atoms with Crippen LogP contribution >= 0.6 is 0 Å². The van der Waals surface area contributed by atoms with E-state index in [0.29, 0.717) is 51.5 Å². The Balaban J connectivity index is 3.35. The summed E-state index contributed by atoms with van der Waals surface area (Å²) >= 11 is 0. The molecule has 1 saturated heterocycles. The second kappa shape index (κ2) is 40.1. The van der Waals surface area contributed by atoms with Crippen LogP contribution in [-0.4, -0.2) is 215 Å². The number of carboxylic acids is 2. The molecule has 0 aromatic carbocycles. The first-order valence-corrected chi connectivity index (χ1v) is 27.4. The van der Waals surface area contributed by atoms with Gasteiger partial charge < -0.3 is 107 Å². The highest BCUT2D eigenvalue weighted by atomic mass is 16.4. The van der Waals surface area contributed by atoms with Crippen molar-refractivity contribution in [2.24, 2.45) is 34.4 Å². The minimum Gasteiger partial charge on any atom is -0.481 e. The van der Waals surface area contributed by atoms with Gasteiger partial charge in [0, 0.05) is 6.54 Å². The van der Waals surface area contributed by atoms with Crippen LogP contribution in [0.5, 0.6) is 0 Å². The number of likely N-dealkylation sites (tertiary alicyclic amines) is 1. The van der Waals surface area contributed by atoms with Gasteiger partial charge in [-0.25, -0.2) is 4.79 Å². The lowest BCUT2D eigenvalue weighted by molar-refractivity contribution is -0.145. The first kappa shape index (κ1) is 71.8. The Hall–Kier alpha value is -6.19. The topological polar surface area (TPSA) is 545 Å². The number of carboxylic acid groups (broad SMARTS) is 2. The molecule has 1 fully saturated rings. The minimum absolute atomic E-state index is 0.0158. The average Bonchev–Trinajstić information content (AvgIpc) is 3.92. The van der Waals surface area contributed by atoms with E-state index in [9.17, 15) is 78.3 Å². The Bertz CT molecular complexity index is 1990. The molecule has 80 heavy (non-hydrogen) atoms. The molecule has 25 N–H and O–H groups in total. The van der Waals surface area contributed by atoms with Crippen molar-refractivity contribution in [1.29, 1.82) is 0 Å². The maximum absolute atomic E-state index is 14.3. The molecule has 0 aliphatic carbocycles. The van der Waals surface area contributed by atoms with Gasteiger partial charge in [0.1, 0.15) is 54.4 Å². The Morgan fingerprint density at radius 3 is 1.23 bits per heavy atom. The van der Waals surface area contributed by atoms with E-state index in [2.05, 4.69) is 42.5 Å². The second-order valence-electron chi connectivity index (χ2n) is 19.7. The van der Waals surface area contributed by atoms with Crippen molar-refractivity contribution in [2.75, 3.05) is 52.5 Å². The van der Waals surface area contributed by atoms with Crippen molar-refractivity contribution in [3.05, 3.63) is 0 Å². The second-order valence-corrected chi connectivity index (χ2v) is 19.7. The number of amides is 9. The summed E-state index contributed by atoms with van der Waals surface area (Å²) < 4.78 is 0. The number of rotatable bonds is 43. The zero-order valence-corrected chi connectivity index (χ0v) is 45.9. The molecule has 0 radical (unpaired) electrons. The molecule has 31 heteroatoms. The van der Waals surface area contributed by atoms with Crippen LogP contribution in [0.25, 0.3) is 0 Å². The number of nitrogens with zero attached hydrogens (tertiary/aromatic N) is 1. The predicted molar refractivity (Wildman–Crippen MR) is 288 cm³/mol. The van der Waals surface area contributed by atoms with Crippen LogP contribution in [0.2, 0.25) is 0 Å². The molecule has 11 atom stereocenters. The van der Waals surface area contributed by atoms with E-state index in [-0.39, 0.29) is 96.9 Å². The summed E-state index contributed by atoms with van der Waals surface area (Å²) in [4.78, 5) is 148. The summed E-state index contributed by atoms with van der Waals surface area (Å²) in [5.41, 5.74) is 34.0. The first-order chi connectivity index (χ1) is 38.0. The summed E-state index contributed by atoms with van der Waals surface area (Å²) in [6.45, 7) is 0.422. The van der Waals surface area contributed by atoms with Gasteiger partial charge in [-0.05, 0) is 142 Å². The molecule has 1 aliphatic rings. The van der Waals surface area contributed by atoms with Gasteiger partial charge in [0.15, 0.2) is 0 Å². The zero-order chi connectivity index (χ0) is 60.3. The summed E-state index contributed by atoms with van der Waals surface area (Å²) in [6.07, 6.45) is 1.71. The van der Waals surface area contributed by atoms with Gasteiger partial charge in [-0.2, -0.15) is 0 Å². The summed E-state index contributed by atoms with van der Waals surface area (Å²) in [7, 11) is 0. The third-order valence-electron chi connectivity index (χ3n) is 13.1. The molecule has 0 unspecified atom stereocenters. The SMILES string of the molecule is C[C@@H](O)[C@H](NC(=O)[C@H](CCCCN)NC(=O)[C@H](CC(=O)O)NC(=O)[C@@H](N)CCCCN)C(=O)N1CCC[C@H]1C(=O)N[C@@H](CCCCN)C(=O)N[C@@H](CO)C(=O)N[C@@H](CCCCN)C(=O)N[C@@H](CO)C(=O)N[C@@H](CCCCN)C(=O)O. The van der Waals surface area contributed by atoms with Crippen LogP contribution < -0.4 is 76.9 Å². The molecule has 1 aliphatic heterocycles. The number of hydrogen-bond donors (Lipinski definition) is 19. The van der Waals surface area contributed by atoms with Crippen molar-refractivity contribution in [3.63, 3.8) is 0 Å². The molecule has 0 saturated carbocycles. The van der Waals surface area contributed by atoms with Gasteiger partial charge in [-0.3, -0.25) is 47.9 Å². The predicted octanol–water partition coefficient (Wildman–Crippen LogP) is -7.25. The van der Waals surface area contributed by atoms with Gasteiger partial charge in [0.2, 0.25) is 53.2 Å². The van der Waals surface area contributed by atoms with Crippen molar-refractivity contribution < 1.29 is 78.3 Å². The number of aliphatic carboxylic acids is 2. The van der Waals surface area contributed by atoms with Gasteiger partial charge in [-0.15, -0.1) is 0 Å². The third kappa shape index (κ3) is 26.4. The van der Waals surface area contributed by atoms with Crippen LogP contribution in [0.15, 0.2) is 0 Å². The molecule has 31 nitrogen and oxygen atoms in total. The number of unbranched alkanes of at least 4 members (excludes halogenated alkanes) is 5. The number of carbonyl (C=O) groups is 11. The minimum atomic E-state index is -1.73. The molecular formula is C49H91N15O16. The van der Waals surface area contributed by atoms with E-state index in [1.807, 2.05) is 0 Å². The lowest BCUT2D eigenvalue weighted by Crippen LogP contribution is -2.62. The van der Waals surface area contributed by atoms with Crippen LogP contribution in [0, 0.1) is 0 Å². The molecule has 0 bridgehead atoms. The number of nitrogens with two attached hydrogens (primary N) is 6. The quantitative estimate of drug-likeness (QED) is 0.0252. The highest BCUT2D eigenvalue weighted by molar-refractivity contribution is 5.99. The van der Waals surface area contributed by atoms with Gasteiger partial charge in [0.05, 0.1) is 31.8 Å². The molecule has 0 spiro atoms. The summed E-state index contributed by atoms with van der Waals surface area (Å²) in [5.74, 6) is -11.5. The van der Waals surface area contributed by atoms with Gasteiger partial charge >= 0.3 is 11.9 Å². The fourth-order valence-electron chi connectivity index (χ4n) is 8.48. The van der Waals surface area contributed by atoms with Crippen molar-refractivity contribution in [3.8, 4) is 0 Å². The van der Waals surface area contributed by atoms with Crippen molar-refractivity contribution >= 4 is 65.1 Å². The molecule has 458 valence electrons. The number of carbonyl (C=O) groups excluding carboxylic acids is 9. The van der Waals surface area contributed by atoms with Crippen molar-refractivity contribution in [1.82, 2.24) is 47.4 Å². The lowest BCUT2D eigenvalue weighted by atomic mass is 10.0. The summed E-state index contributed by atoms with van der Waals surface area (Å²) in [5, 5.41) is 69.6.